The quantitative estimate of drug-likeness (QED) is 0.158. The van der Waals surface area contributed by atoms with Crippen LogP contribution in [0.3, 0.4) is 0 Å². The van der Waals surface area contributed by atoms with Gasteiger partial charge in [-0.1, -0.05) is 97.9 Å². The van der Waals surface area contributed by atoms with E-state index in [0.717, 1.165) is 37.4 Å². The van der Waals surface area contributed by atoms with Gasteiger partial charge in [-0.25, -0.2) is 5.53 Å². The van der Waals surface area contributed by atoms with Crippen LogP contribution in [0.15, 0.2) is 53.6 Å². The number of carbonyl (C=O) groups excluding carboxylic acids is 1. The lowest BCUT2D eigenvalue weighted by Crippen LogP contribution is -2.39. The number of piperidine rings is 1. The van der Waals surface area contributed by atoms with Gasteiger partial charge in [-0.2, -0.15) is 0 Å². The van der Waals surface area contributed by atoms with Crippen molar-refractivity contribution >= 4 is 11.6 Å². The minimum Gasteiger partial charge on any atom is -0.493 e. The Morgan fingerprint density at radius 3 is 1.89 bits per heavy atom. The number of nitrogens with zero attached hydrogens (tertiary/aromatic N) is 2. The van der Waals surface area contributed by atoms with Gasteiger partial charge in [0.05, 0.1) is 14.2 Å². The van der Waals surface area contributed by atoms with Crippen molar-refractivity contribution in [1.29, 1.82) is 10.9 Å². The van der Waals surface area contributed by atoms with Crippen molar-refractivity contribution < 1.29 is 14.3 Å². The molecule has 1 aliphatic carbocycles. The van der Waals surface area contributed by atoms with Crippen LogP contribution in [0.4, 0.5) is 0 Å². The van der Waals surface area contributed by atoms with E-state index < -0.39 is 6.04 Å². The molecule has 1 aliphatic heterocycles. The predicted molar refractivity (Wildman–Crippen MR) is 191 cm³/mol. The van der Waals surface area contributed by atoms with E-state index in [1.165, 1.54) is 31.2 Å². The van der Waals surface area contributed by atoms with E-state index in [2.05, 4.69) is 41.2 Å². The molecule has 2 aromatic rings. The average molecular weight is 638 g/mol. The fourth-order valence-corrected chi connectivity index (χ4v) is 6.07. The van der Waals surface area contributed by atoms with Crippen LogP contribution >= 0.6 is 0 Å². The molecule has 0 radical (unpaired) electrons. The zero-order valence-electron chi connectivity index (χ0n) is 30.4. The van der Waals surface area contributed by atoms with E-state index in [1.54, 1.807) is 14.2 Å². The molecule has 8 heteroatoms. The Morgan fingerprint density at radius 2 is 1.48 bits per heavy atom. The van der Waals surface area contributed by atoms with Gasteiger partial charge in [0.25, 0.3) is 0 Å². The molecule has 0 bridgehead atoms. The van der Waals surface area contributed by atoms with E-state index in [-0.39, 0.29) is 17.2 Å². The Morgan fingerprint density at radius 1 is 0.913 bits per heavy atom. The van der Waals surface area contributed by atoms with E-state index in [0.29, 0.717) is 29.2 Å². The number of methoxy groups -OCH3 is 2. The summed E-state index contributed by atoms with van der Waals surface area (Å²) in [6, 6.07) is 16.3. The molecule has 2 fully saturated rings. The molecule has 46 heavy (non-hydrogen) atoms. The average Bonchev–Trinajstić information content (AvgIpc) is 3.07. The molecular weight excluding hydrogens is 574 g/mol. The maximum atomic E-state index is 11.2. The van der Waals surface area contributed by atoms with Gasteiger partial charge in [-0.05, 0) is 75.1 Å². The van der Waals surface area contributed by atoms with Gasteiger partial charge < -0.3 is 15.2 Å². The molecular formula is C38H63N5O3. The van der Waals surface area contributed by atoms with Gasteiger partial charge in [-0.15, -0.1) is 5.11 Å². The number of nitrogens with one attached hydrogen (secondary N) is 2. The van der Waals surface area contributed by atoms with Crippen LogP contribution in [-0.4, -0.2) is 49.9 Å². The predicted octanol–water partition coefficient (Wildman–Crippen LogP) is 9.44. The van der Waals surface area contributed by atoms with Crippen LogP contribution in [0.5, 0.6) is 11.5 Å². The highest BCUT2D eigenvalue weighted by Crippen LogP contribution is 2.40. The molecule has 1 unspecified atom stereocenters. The zero-order valence-corrected chi connectivity index (χ0v) is 30.4. The maximum Gasteiger partial charge on any atom is 0.165 e. The number of nitrogens with two attached hydrogens (primary N) is 1. The number of Topliss-reactive ketones (excluding diaryl/α,β-unsaturated/α-hetero) is 1. The number of ether oxygens (including phenoxy) is 2. The van der Waals surface area contributed by atoms with Crippen LogP contribution in [-0.2, 0) is 4.79 Å². The summed E-state index contributed by atoms with van der Waals surface area (Å²) >= 11 is 0. The molecule has 4 N–H and O–H groups in total. The summed E-state index contributed by atoms with van der Waals surface area (Å²) in [4.78, 5) is 13.4. The van der Waals surface area contributed by atoms with Crippen molar-refractivity contribution in [1.82, 2.24) is 4.90 Å². The van der Waals surface area contributed by atoms with Crippen LogP contribution < -0.4 is 15.2 Å². The van der Waals surface area contributed by atoms with Crippen molar-refractivity contribution in [3.8, 4) is 11.5 Å². The monoisotopic (exact) mass is 637 g/mol. The lowest BCUT2D eigenvalue weighted by atomic mass is 9.85. The molecule has 1 saturated carbocycles. The molecule has 2 aromatic carbocycles. The smallest absolute Gasteiger partial charge is 0.165 e. The number of ketones is 1. The summed E-state index contributed by atoms with van der Waals surface area (Å²) in [7, 11) is 3.20. The molecule has 0 amide bonds. The third kappa shape index (κ3) is 13.0. The number of benzene rings is 2. The van der Waals surface area contributed by atoms with Gasteiger partial charge in [0, 0.05) is 22.9 Å². The largest absolute Gasteiger partial charge is 0.493 e. The molecule has 8 nitrogen and oxygen atoms in total. The molecule has 1 heterocycles. The fraction of sp³-hybridized carbons (Fsp3) is 0.632. The second kappa shape index (κ2) is 20.9. The first-order valence-electron chi connectivity index (χ1n) is 17.1. The number of para-hydroxylation sites is 1. The van der Waals surface area contributed by atoms with Gasteiger partial charge >= 0.3 is 0 Å². The lowest BCUT2D eigenvalue weighted by molar-refractivity contribution is -0.129. The first-order chi connectivity index (χ1) is 21.8. The highest BCUT2D eigenvalue weighted by molar-refractivity contribution is 5.87. The normalized spacial score (nSPS) is 19.1. The Hall–Kier alpha value is -3.10. The van der Waals surface area contributed by atoms with Crippen molar-refractivity contribution in [2.45, 2.75) is 112 Å². The van der Waals surface area contributed by atoms with Crippen molar-refractivity contribution in [2.24, 2.45) is 28.1 Å². The Bertz CT molecular complexity index is 1150. The van der Waals surface area contributed by atoms with Crippen molar-refractivity contribution in [2.75, 3.05) is 27.3 Å². The second-order valence-corrected chi connectivity index (χ2v) is 13.5. The van der Waals surface area contributed by atoms with E-state index in [9.17, 15) is 4.79 Å². The Labute approximate surface area is 279 Å². The third-order valence-corrected chi connectivity index (χ3v) is 8.60. The Balaban J connectivity index is 0.000000454. The van der Waals surface area contributed by atoms with Gasteiger partial charge in [0.15, 0.2) is 17.3 Å². The number of hydrogen-bond acceptors (Lipinski definition) is 7. The molecule has 258 valence electrons. The number of amidine groups is 1. The highest BCUT2D eigenvalue weighted by atomic mass is 16.5. The first kappa shape index (κ1) is 40.9. The van der Waals surface area contributed by atoms with Gasteiger partial charge in [-0.3, -0.25) is 15.1 Å². The summed E-state index contributed by atoms with van der Waals surface area (Å²) < 4.78 is 11.0. The molecule has 2 aliphatic rings. The first-order valence-corrected chi connectivity index (χ1v) is 17.1. The molecule has 1 atom stereocenters. The van der Waals surface area contributed by atoms with Crippen LogP contribution in [0.25, 0.3) is 0 Å². The van der Waals surface area contributed by atoms with Crippen LogP contribution in [0, 0.1) is 28.2 Å². The van der Waals surface area contributed by atoms with Gasteiger partial charge in [0.1, 0.15) is 11.8 Å². The summed E-state index contributed by atoms with van der Waals surface area (Å²) in [5, 5.41) is 11.7. The minimum atomic E-state index is -0.413. The van der Waals surface area contributed by atoms with Crippen LogP contribution in [0.1, 0.15) is 117 Å². The second-order valence-electron chi connectivity index (χ2n) is 13.5. The number of carbonyl (C=O) groups is 1. The number of rotatable bonds is 7. The number of hydrogen-bond donors (Lipinski definition) is 3. The minimum absolute atomic E-state index is 0.0136. The van der Waals surface area contributed by atoms with E-state index in [4.69, 9.17) is 26.1 Å². The molecule has 1 saturated heterocycles. The molecule has 0 aromatic heterocycles. The Kier molecular flexibility index (Phi) is 18.6. The summed E-state index contributed by atoms with van der Waals surface area (Å²) in [5.74, 6) is 3.21. The SMILES string of the molecule is CC.CC(C)C(=O)C(C)(C)C.CC1CCC(N)CC1.COc1cccc(C(C(=N)N=N)N2CCC(c3ccccc3)CC2)c1OC. The highest BCUT2D eigenvalue weighted by Gasteiger charge is 2.32. The maximum absolute atomic E-state index is 11.2. The van der Waals surface area contributed by atoms with E-state index >= 15 is 0 Å². The van der Waals surface area contributed by atoms with Crippen LogP contribution in [0.2, 0.25) is 0 Å². The van der Waals surface area contributed by atoms with Gasteiger partial charge in [0.2, 0.25) is 0 Å². The molecule has 4 rings (SSSR count). The number of likely N-dealkylation sites (tertiary alicyclic amines) is 1. The standard InChI is InChI=1S/C21H26N4O2.C8H16O.C7H15N.C2H6/c1-26-18-10-6-9-17(20(18)27-2)19(21(22)24-23)25-13-11-16(12-14-25)15-7-4-3-5-8-15;1-6(2)7(9)8(3,4)5;1-6-2-4-7(8)5-3-6;1-2/h3-10,16,19,22-23H,11-14H2,1-2H3;6H,1-5H3;6-7H,2-5,8H2,1H3;1-2H3. The summed E-state index contributed by atoms with van der Waals surface area (Å²) in [6.07, 6.45) is 7.22. The zero-order chi connectivity index (χ0) is 34.9. The lowest BCUT2D eigenvalue weighted by Gasteiger charge is -2.37. The fourth-order valence-electron chi connectivity index (χ4n) is 6.07. The topological polar surface area (TPSA) is 125 Å². The van der Waals surface area contributed by atoms with Crippen molar-refractivity contribution in [3.63, 3.8) is 0 Å². The third-order valence-electron chi connectivity index (χ3n) is 8.60. The molecule has 0 spiro atoms. The van der Waals surface area contributed by atoms with E-state index in [1.807, 2.05) is 72.7 Å². The summed E-state index contributed by atoms with van der Waals surface area (Å²) in [5.41, 5.74) is 15.1. The summed E-state index contributed by atoms with van der Waals surface area (Å²) in [6.45, 7) is 17.7. The van der Waals surface area contributed by atoms with Crippen molar-refractivity contribution in [3.05, 3.63) is 59.7 Å².